The molecule has 2 rings (SSSR count). The molecule has 0 aliphatic heterocycles. The molecule has 0 heterocycles. The van der Waals surface area contributed by atoms with Crippen LogP contribution in [0.3, 0.4) is 0 Å². The predicted octanol–water partition coefficient (Wildman–Crippen LogP) is 2.87. The smallest absolute Gasteiger partial charge is 0.236 e. The Hall–Kier alpha value is -1.84. The summed E-state index contributed by atoms with van der Waals surface area (Å²) in [5, 5.41) is 14.9. The number of oxime groups is 1. The summed E-state index contributed by atoms with van der Waals surface area (Å²) in [5.41, 5.74) is 2.93. The average molecular weight is 246 g/mol. The van der Waals surface area contributed by atoms with Crippen molar-refractivity contribution in [2.24, 2.45) is 10.6 Å². The number of anilines is 1. The van der Waals surface area contributed by atoms with Gasteiger partial charge in [-0.15, -0.1) is 0 Å². The van der Waals surface area contributed by atoms with E-state index in [4.69, 9.17) is 5.21 Å². The maximum Gasteiger partial charge on any atom is 0.236 e. The van der Waals surface area contributed by atoms with Gasteiger partial charge in [0.05, 0.1) is 11.1 Å². The van der Waals surface area contributed by atoms with Crippen LogP contribution >= 0.6 is 0 Å². The Morgan fingerprint density at radius 3 is 2.56 bits per heavy atom. The van der Waals surface area contributed by atoms with Crippen molar-refractivity contribution < 1.29 is 10.0 Å². The van der Waals surface area contributed by atoms with Gasteiger partial charge in [-0.2, -0.15) is 0 Å². The van der Waals surface area contributed by atoms with Crippen molar-refractivity contribution in [2.75, 3.05) is 5.32 Å². The van der Waals surface area contributed by atoms with Crippen molar-refractivity contribution in [2.45, 2.75) is 33.6 Å². The number of amides is 1. The minimum atomic E-state index is -0.591. The second kappa shape index (κ2) is 4.44. The first-order valence-electron chi connectivity index (χ1n) is 6.07. The lowest BCUT2D eigenvalue weighted by Gasteiger charge is -2.15. The van der Waals surface area contributed by atoms with Crippen molar-refractivity contribution >= 4 is 17.3 Å². The number of carbonyl (C=O) groups is 1. The zero-order chi connectivity index (χ0) is 13.3. The van der Waals surface area contributed by atoms with E-state index in [0.29, 0.717) is 5.71 Å². The highest BCUT2D eigenvalue weighted by Gasteiger charge is 2.53. The number of nitrogens with zero attached hydrogens (tertiary/aromatic N) is 1. The zero-order valence-corrected chi connectivity index (χ0v) is 10.9. The number of carbonyl (C=O) groups excluding carboxylic acids is 1. The molecule has 18 heavy (non-hydrogen) atoms. The molecule has 1 aromatic rings. The molecule has 1 amide bonds. The Balaban J connectivity index is 2.18. The van der Waals surface area contributed by atoms with Crippen LogP contribution in [0.2, 0.25) is 0 Å². The molecule has 1 aromatic carbocycles. The summed E-state index contributed by atoms with van der Waals surface area (Å²) in [5.74, 6) is -0.0789. The second-order valence-corrected chi connectivity index (χ2v) is 5.04. The Kier molecular flexibility index (Phi) is 3.11. The van der Waals surface area contributed by atoms with Crippen molar-refractivity contribution in [1.82, 2.24) is 0 Å². The molecule has 96 valence electrons. The molecule has 1 fully saturated rings. The molecule has 4 heteroatoms. The highest BCUT2D eigenvalue weighted by molar-refractivity contribution is 6.14. The Labute approximate surface area is 107 Å². The first-order chi connectivity index (χ1) is 8.49. The van der Waals surface area contributed by atoms with E-state index in [2.05, 4.69) is 10.5 Å². The van der Waals surface area contributed by atoms with E-state index in [9.17, 15) is 4.79 Å². The molecule has 0 bridgehead atoms. The van der Waals surface area contributed by atoms with E-state index in [1.54, 1.807) is 6.92 Å². The van der Waals surface area contributed by atoms with Gasteiger partial charge >= 0.3 is 0 Å². The minimum absolute atomic E-state index is 0.0789. The van der Waals surface area contributed by atoms with Gasteiger partial charge in [-0.05, 0) is 45.2 Å². The van der Waals surface area contributed by atoms with Crippen LogP contribution in [0, 0.1) is 19.3 Å². The van der Waals surface area contributed by atoms with Crippen LogP contribution in [0.1, 0.15) is 30.9 Å². The fourth-order valence-electron chi connectivity index (χ4n) is 2.17. The zero-order valence-electron chi connectivity index (χ0n) is 10.9. The highest BCUT2D eigenvalue weighted by atomic mass is 16.4. The molecule has 4 nitrogen and oxygen atoms in total. The van der Waals surface area contributed by atoms with Gasteiger partial charge in [-0.3, -0.25) is 4.79 Å². The Bertz CT molecular complexity index is 517. The van der Waals surface area contributed by atoms with Crippen LogP contribution in [-0.2, 0) is 4.79 Å². The highest BCUT2D eigenvalue weighted by Crippen LogP contribution is 2.48. The van der Waals surface area contributed by atoms with Gasteiger partial charge < -0.3 is 10.5 Å². The molecule has 1 saturated carbocycles. The molecule has 0 atom stereocenters. The van der Waals surface area contributed by atoms with Crippen molar-refractivity contribution in [3.8, 4) is 0 Å². The maximum absolute atomic E-state index is 12.2. The molecule has 0 spiro atoms. The monoisotopic (exact) mass is 246 g/mol. The molecule has 0 saturated heterocycles. The Morgan fingerprint density at radius 1 is 1.39 bits per heavy atom. The third-order valence-corrected chi connectivity index (χ3v) is 3.66. The van der Waals surface area contributed by atoms with Crippen LogP contribution in [0.4, 0.5) is 5.69 Å². The lowest BCUT2D eigenvalue weighted by atomic mass is 10.00. The second-order valence-electron chi connectivity index (χ2n) is 5.04. The maximum atomic E-state index is 12.2. The summed E-state index contributed by atoms with van der Waals surface area (Å²) in [6.07, 6.45) is 1.50. The van der Waals surface area contributed by atoms with E-state index < -0.39 is 5.41 Å². The van der Waals surface area contributed by atoms with Crippen LogP contribution in [-0.4, -0.2) is 16.8 Å². The van der Waals surface area contributed by atoms with Crippen LogP contribution in [0.25, 0.3) is 0 Å². The van der Waals surface area contributed by atoms with Crippen molar-refractivity contribution in [3.05, 3.63) is 29.3 Å². The van der Waals surface area contributed by atoms with Crippen molar-refractivity contribution in [3.63, 3.8) is 0 Å². The third-order valence-electron chi connectivity index (χ3n) is 3.66. The van der Waals surface area contributed by atoms with Gasteiger partial charge in [0.1, 0.15) is 0 Å². The average Bonchev–Trinajstić information content (AvgIpc) is 3.13. The molecular weight excluding hydrogens is 228 g/mol. The van der Waals surface area contributed by atoms with Crippen molar-refractivity contribution in [1.29, 1.82) is 0 Å². The summed E-state index contributed by atoms with van der Waals surface area (Å²) in [6.45, 7) is 5.67. The number of nitrogens with one attached hydrogen (secondary N) is 1. The number of benzene rings is 1. The SMILES string of the molecule is C/C(=N\O)C1(C(=O)Nc2ccc(C)cc2C)CC1. The normalized spacial score (nSPS) is 17.4. The van der Waals surface area contributed by atoms with Gasteiger partial charge in [0, 0.05) is 5.69 Å². The molecule has 0 unspecified atom stereocenters. The molecule has 2 N–H and O–H groups in total. The molecular formula is C14H18N2O2. The largest absolute Gasteiger partial charge is 0.411 e. The molecule has 1 aliphatic rings. The number of hydrogen-bond donors (Lipinski definition) is 2. The standard InChI is InChI=1S/C14H18N2O2/c1-9-4-5-12(10(2)8-9)15-13(17)14(6-7-14)11(3)16-18/h4-5,8,18H,6-7H2,1-3H3,(H,15,17)/b16-11+. The van der Waals surface area contributed by atoms with Crippen LogP contribution in [0.5, 0.6) is 0 Å². The summed E-state index contributed by atoms with van der Waals surface area (Å²) >= 11 is 0. The van der Waals surface area contributed by atoms with E-state index in [1.807, 2.05) is 32.0 Å². The summed E-state index contributed by atoms with van der Waals surface area (Å²) in [7, 11) is 0. The van der Waals surface area contributed by atoms with Gasteiger partial charge in [-0.1, -0.05) is 22.9 Å². The third kappa shape index (κ3) is 2.10. The minimum Gasteiger partial charge on any atom is -0.411 e. The lowest BCUT2D eigenvalue weighted by Crippen LogP contribution is -2.30. The number of hydrogen-bond acceptors (Lipinski definition) is 3. The van der Waals surface area contributed by atoms with Gasteiger partial charge in [0.2, 0.25) is 5.91 Å². The predicted molar refractivity (Wildman–Crippen MR) is 71.1 cm³/mol. The molecule has 1 aliphatic carbocycles. The molecule has 0 aromatic heterocycles. The van der Waals surface area contributed by atoms with Gasteiger partial charge in [0.25, 0.3) is 0 Å². The quantitative estimate of drug-likeness (QED) is 0.489. The lowest BCUT2D eigenvalue weighted by molar-refractivity contribution is -0.119. The van der Waals surface area contributed by atoms with Crippen LogP contribution in [0.15, 0.2) is 23.4 Å². The van der Waals surface area contributed by atoms with E-state index >= 15 is 0 Å². The fraction of sp³-hybridized carbons (Fsp3) is 0.429. The van der Waals surface area contributed by atoms with Crippen LogP contribution < -0.4 is 5.32 Å². The first-order valence-corrected chi connectivity index (χ1v) is 6.07. The molecule has 0 radical (unpaired) electrons. The van der Waals surface area contributed by atoms with Gasteiger partial charge in [-0.25, -0.2) is 0 Å². The van der Waals surface area contributed by atoms with Gasteiger partial charge in [0.15, 0.2) is 0 Å². The van der Waals surface area contributed by atoms with E-state index in [1.165, 1.54) is 5.56 Å². The number of aryl methyl sites for hydroxylation is 2. The first kappa shape index (κ1) is 12.6. The number of rotatable bonds is 3. The van der Waals surface area contributed by atoms with E-state index in [-0.39, 0.29) is 5.91 Å². The fourth-order valence-corrected chi connectivity index (χ4v) is 2.17. The Morgan fingerprint density at radius 2 is 2.06 bits per heavy atom. The summed E-state index contributed by atoms with van der Waals surface area (Å²) in [4.78, 5) is 12.2. The summed E-state index contributed by atoms with van der Waals surface area (Å²) < 4.78 is 0. The summed E-state index contributed by atoms with van der Waals surface area (Å²) in [6, 6.07) is 5.90. The topological polar surface area (TPSA) is 61.7 Å². The van der Waals surface area contributed by atoms with E-state index in [0.717, 1.165) is 24.1 Å².